The van der Waals surface area contributed by atoms with E-state index in [1.165, 1.54) is 40.7 Å². The van der Waals surface area contributed by atoms with Gasteiger partial charge in [0, 0.05) is 30.0 Å². The first-order chi connectivity index (χ1) is 13.1. The molecule has 140 valence electrons. The Labute approximate surface area is 158 Å². The van der Waals surface area contributed by atoms with Gasteiger partial charge >= 0.3 is 0 Å². The SMILES string of the molecule is COc1ccc(-[n+]2noc([O-])c2SCCC(=O)Nc2ccc(F)cc2)cc1. The molecule has 0 aliphatic rings. The molecule has 3 aromatic rings. The summed E-state index contributed by atoms with van der Waals surface area (Å²) in [6.07, 6.45) is 0.162. The second-order valence-electron chi connectivity index (χ2n) is 5.43. The van der Waals surface area contributed by atoms with Crippen molar-refractivity contribution in [1.82, 2.24) is 5.27 Å². The van der Waals surface area contributed by atoms with Gasteiger partial charge in [-0.1, -0.05) is 11.8 Å². The third kappa shape index (κ3) is 4.76. The van der Waals surface area contributed by atoms with E-state index in [9.17, 15) is 14.3 Å². The number of ether oxygens (including phenoxy) is 1. The summed E-state index contributed by atoms with van der Waals surface area (Å²) in [6, 6.07) is 12.5. The summed E-state index contributed by atoms with van der Waals surface area (Å²) >= 11 is 1.17. The summed E-state index contributed by atoms with van der Waals surface area (Å²) in [5.41, 5.74) is 1.15. The first-order valence-electron chi connectivity index (χ1n) is 7.98. The van der Waals surface area contributed by atoms with Crippen LogP contribution in [0.25, 0.3) is 5.69 Å². The standard InChI is InChI=1S/C18H16FN3O4S/c1-25-15-8-6-14(7-9-15)22-17(18(24)26-21-22)27-11-10-16(23)20-13-4-2-12(19)3-5-13/h2-9H,10-11H2,1H3,(H-,20,21,23,24). The molecule has 0 spiro atoms. The average Bonchev–Trinajstić information content (AvgIpc) is 3.04. The van der Waals surface area contributed by atoms with Crippen molar-refractivity contribution in [2.45, 2.75) is 11.4 Å². The Bertz CT molecular complexity index is 913. The second-order valence-corrected chi connectivity index (χ2v) is 6.51. The quantitative estimate of drug-likeness (QED) is 0.492. The van der Waals surface area contributed by atoms with E-state index < -0.39 is 5.95 Å². The number of methoxy groups -OCH3 is 1. The molecule has 0 radical (unpaired) electrons. The molecule has 0 saturated heterocycles. The number of halogens is 1. The predicted octanol–water partition coefficient (Wildman–Crippen LogP) is 2.29. The van der Waals surface area contributed by atoms with E-state index in [0.717, 1.165) is 0 Å². The van der Waals surface area contributed by atoms with Crippen LogP contribution in [0, 0.1) is 5.82 Å². The number of benzene rings is 2. The molecule has 1 heterocycles. The predicted molar refractivity (Wildman–Crippen MR) is 94.4 cm³/mol. The average molecular weight is 389 g/mol. The van der Waals surface area contributed by atoms with Gasteiger partial charge < -0.3 is 19.7 Å². The van der Waals surface area contributed by atoms with Gasteiger partial charge in [-0.3, -0.25) is 4.79 Å². The van der Waals surface area contributed by atoms with Crippen LogP contribution in [-0.4, -0.2) is 24.0 Å². The van der Waals surface area contributed by atoms with E-state index >= 15 is 0 Å². The number of anilines is 1. The van der Waals surface area contributed by atoms with Gasteiger partial charge in [0.2, 0.25) is 11.6 Å². The Morgan fingerprint density at radius 3 is 2.63 bits per heavy atom. The van der Waals surface area contributed by atoms with Gasteiger partial charge in [0.25, 0.3) is 5.03 Å². The van der Waals surface area contributed by atoms with E-state index in [1.807, 2.05) is 0 Å². The van der Waals surface area contributed by atoms with Crippen molar-refractivity contribution < 1.29 is 28.2 Å². The molecule has 2 aromatic carbocycles. The number of thioether (sulfide) groups is 1. The molecule has 0 fully saturated rings. The normalized spacial score (nSPS) is 10.6. The number of nitrogens with zero attached hydrogens (tertiary/aromatic N) is 2. The molecule has 1 amide bonds. The van der Waals surface area contributed by atoms with Crippen LogP contribution in [-0.2, 0) is 4.79 Å². The first kappa shape index (κ1) is 18.7. The molecular weight excluding hydrogens is 373 g/mol. The van der Waals surface area contributed by atoms with E-state index in [-0.39, 0.29) is 23.2 Å². The lowest BCUT2D eigenvalue weighted by Gasteiger charge is -2.04. The minimum Gasteiger partial charge on any atom is -0.538 e. The fourth-order valence-electron chi connectivity index (χ4n) is 2.25. The molecule has 1 aromatic heterocycles. The summed E-state index contributed by atoms with van der Waals surface area (Å²) in [5.74, 6) is -0.165. The van der Waals surface area contributed by atoms with Gasteiger partial charge in [0.05, 0.1) is 12.4 Å². The van der Waals surface area contributed by atoms with Gasteiger partial charge in [-0.2, -0.15) is 0 Å². The van der Waals surface area contributed by atoms with Crippen LogP contribution in [0.3, 0.4) is 0 Å². The number of nitrogens with one attached hydrogen (secondary N) is 1. The summed E-state index contributed by atoms with van der Waals surface area (Å²) in [6.45, 7) is 0. The van der Waals surface area contributed by atoms with Gasteiger partial charge in [0.15, 0.2) is 5.95 Å². The van der Waals surface area contributed by atoms with Crippen LogP contribution in [0.4, 0.5) is 10.1 Å². The lowest BCUT2D eigenvalue weighted by Crippen LogP contribution is -2.34. The number of hydrogen-bond acceptors (Lipinski definition) is 6. The Kier molecular flexibility index (Phi) is 5.92. The van der Waals surface area contributed by atoms with Gasteiger partial charge in [-0.15, -0.1) is 0 Å². The van der Waals surface area contributed by atoms with Crippen molar-refractivity contribution in [1.29, 1.82) is 0 Å². The number of carbonyl (C=O) groups is 1. The van der Waals surface area contributed by atoms with Crippen molar-refractivity contribution in [2.24, 2.45) is 0 Å². The van der Waals surface area contributed by atoms with E-state index in [4.69, 9.17) is 9.26 Å². The zero-order chi connectivity index (χ0) is 19.2. The first-order valence-corrected chi connectivity index (χ1v) is 8.97. The summed E-state index contributed by atoms with van der Waals surface area (Å²) in [5, 5.41) is 18.6. The molecule has 27 heavy (non-hydrogen) atoms. The highest BCUT2D eigenvalue weighted by molar-refractivity contribution is 7.99. The summed E-state index contributed by atoms with van der Waals surface area (Å²) in [4.78, 5) is 12.0. The largest absolute Gasteiger partial charge is 0.538 e. The molecule has 0 aliphatic carbocycles. The molecule has 7 nitrogen and oxygen atoms in total. The van der Waals surface area contributed by atoms with Crippen molar-refractivity contribution in [3.05, 3.63) is 54.3 Å². The number of carbonyl (C=O) groups excluding carboxylic acids is 1. The molecule has 0 bridgehead atoms. The molecule has 3 rings (SSSR count). The highest BCUT2D eigenvalue weighted by Crippen LogP contribution is 2.24. The van der Waals surface area contributed by atoms with Crippen molar-refractivity contribution in [3.8, 4) is 17.4 Å². The molecule has 9 heteroatoms. The third-order valence-electron chi connectivity index (χ3n) is 3.59. The minimum atomic E-state index is -0.574. The lowest BCUT2D eigenvalue weighted by atomic mass is 10.3. The number of amides is 1. The maximum absolute atomic E-state index is 12.9. The van der Waals surface area contributed by atoms with Crippen LogP contribution >= 0.6 is 11.8 Å². The van der Waals surface area contributed by atoms with Crippen LogP contribution in [0.5, 0.6) is 11.7 Å². The number of hydrogen-bond donors (Lipinski definition) is 1. The molecular formula is C18H16FN3O4S. The van der Waals surface area contributed by atoms with Gasteiger partial charge in [0.1, 0.15) is 11.6 Å². The van der Waals surface area contributed by atoms with E-state index in [0.29, 0.717) is 22.9 Å². The lowest BCUT2D eigenvalue weighted by molar-refractivity contribution is -0.705. The highest BCUT2D eigenvalue weighted by atomic mass is 32.2. The summed E-state index contributed by atoms with van der Waals surface area (Å²) in [7, 11) is 1.56. The van der Waals surface area contributed by atoms with Crippen LogP contribution < -0.4 is 19.8 Å². The zero-order valence-electron chi connectivity index (χ0n) is 14.3. The van der Waals surface area contributed by atoms with Crippen molar-refractivity contribution in [3.63, 3.8) is 0 Å². The van der Waals surface area contributed by atoms with Crippen molar-refractivity contribution >= 4 is 23.4 Å². The van der Waals surface area contributed by atoms with Crippen LogP contribution in [0.2, 0.25) is 0 Å². The van der Waals surface area contributed by atoms with Crippen molar-refractivity contribution in [2.75, 3.05) is 18.2 Å². The Balaban J connectivity index is 1.60. The smallest absolute Gasteiger partial charge is 0.297 e. The molecule has 0 aliphatic heterocycles. The fourth-order valence-corrected chi connectivity index (χ4v) is 3.14. The van der Waals surface area contributed by atoms with Gasteiger partial charge in [-0.05, 0) is 41.1 Å². The zero-order valence-corrected chi connectivity index (χ0v) is 15.2. The number of rotatable bonds is 7. The van der Waals surface area contributed by atoms with E-state index in [1.54, 1.807) is 31.4 Å². The fraction of sp³-hybridized carbons (Fsp3) is 0.167. The Morgan fingerprint density at radius 2 is 1.96 bits per heavy atom. The highest BCUT2D eigenvalue weighted by Gasteiger charge is 2.21. The minimum absolute atomic E-state index is 0.162. The molecule has 0 saturated carbocycles. The second kappa shape index (κ2) is 8.54. The maximum atomic E-state index is 12.9. The Hall–Kier alpha value is -3.07. The van der Waals surface area contributed by atoms with Gasteiger partial charge in [-0.25, -0.2) is 4.39 Å². The third-order valence-corrected chi connectivity index (χ3v) is 4.61. The van der Waals surface area contributed by atoms with Crippen LogP contribution in [0.1, 0.15) is 6.42 Å². The Morgan fingerprint density at radius 1 is 1.26 bits per heavy atom. The molecule has 0 atom stereocenters. The maximum Gasteiger partial charge on any atom is 0.297 e. The number of aromatic nitrogens is 2. The topological polar surface area (TPSA) is 91.3 Å². The monoisotopic (exact) mass is 389 g/mol. The van der Waals surface area contributed by atoms with E-state index in [2.05, 4.69) is 10.6 Å². The van der Waals surface area contributed by atoms with Crippen LogP contribution in [0.15, 0.2) is 58.1 Å². The molecule has 1 N–H and O–H groups in total. The molecule has 0 unspecified atom stereocenters. The summed E-state index contributed by atoms with van der Waals surface area (Å²) < 4.78 is 24.1.